The Bertz CT molecular complexity index is 1210. The lowest BCUT2D eigenvalue weighted by Crippen LogP contribution is -2.45. The predicted octanol–water partition coefficient (Wildman–Crippen LogP) is 2.47. The number of esters is 2. The van der Waals surface area contributed by atoms with Gasteiger partial charge in [0.05, 0.1) is 52.1 Å². The predicted molar refractivity (Wildman–Crippen MR) is 117 cm³/mol. The number of aromatic nitrogens is 3. The van der Waals surface area contributed by atoms with Gasteiger partial charge in [-0.05, 0) is 31.4 Å². The molecule has 2 N–H and O–H groups in total. The lowest BCUT2D eigenvalue weighted by molar-refractivity contribution is -0.138. The van der Waals surface area contributed by atoms with Crippen LogP contribution in [0.25, 0.3) is 21.6 Å². The summed E-state index contributed by atoms with van der Waals surface area (Å²) in [4.78, 5) is 42.6. The van der Waals surface area contributed by atoms with E-state index in [-0.39, 0.29) is 31.0 Å². The molecule has 0 saturated carbocycles. The van der Waals surface area contributed by atoms with Crippen LogP contribution >= 0.6 is 11.3 Å². The first-order chi connectivity index (χ1) is 15.5. The number of fused-ring (bicyclic) bond motifs is 1. The van der Waals surface area contributed by atoms with Crippen LogP contribution in [0.3, 0.4) is 0 Å². The highest BCUT2D eigenvalue weighted by Gasteiger charge is 2.25. The maximum absolute atomic E-state index is 13.1. The number of carbonyl (C=O) groups excluding carboxylic acids is 3. The van der Waals surface area contributed by atoms with Gasteiger partial charge in [0.25, 0.3) is 0 Å². The Hall–Kier alpha value is -3.73. The molecule has 4 rings (SSSR count). The first-order valence-corrected chi connectivity index (χ1v) is 10.9. The van der Waals surface area contributed by atoms with Gasteiger partial charge in [0.2, 0.25) is 0 Å². The molecule has 3 aromatic heterocycles. The number of ether oxygens (including phenoxy) is 2. The van der Waals surface area contributed by atoms with Crippen LogP contribution in [0.2, 0.25) is 0 Å². The van der Waals surface area contributed by atoms with E-state index >= 15 is 0 Å². The molecule has 0 saturated heterocycles. The third-order valence-corrected chi connectivity index (χ3v) is 5.72. The number of pyridine rings is 1. The van der Waals surface area contributed by atoms with Crippen LogP contribution in [0.1, 0.15) is 24.2 Å². The fourth-order valence-electron chi connectivity index (χ4n) is 3.28. The standard InChI is InChI=1S/C21H21N5O5S/c1-3-26-18-13(10-23-26)12(8-15(24-18)17-6-5-7-32-17)19(27)31-11-16-14(20(28)30-4-2)9-22-21(29)25-16/h5-8,10H,3-4,9,11H2,1-2H3,(H2,22,25,29). The van der Waals surface area contributed by atoms with Gasteiger partial charge in [-0.2, -0.15) is 5.10 Å². The first kappa shape index (κ1) is 21.5. The number of nitrogens with zero attached hydrogens (tertiary/aromatic N) is 3. The van der Waals surface area contributed by atoms with E-state index in [0.29, 0.717) is 28.8 Å². The van der Waals surface area contributed by atoms with E-state index in [1.165, 1.54) is 11.3 Å². The number of aryl methyl sites for hydroxylation is 1. The lowest BCUT2D eigenvalue weighted by atomic mass is 10.1. The monoisotopic (exact) mass is 455 g/mol. The number of urea groups is 1. The zero-order chi connectivity index (χ0) is 22.7. The summed E-state index contributed by atoms with van der Waals surface area (Å²) in [7, 11) is 0. The van der Waals surface area contributed by atoms with Crippen molar-refractivity contribution in [1.82, 2.24) is 25.4 Å². The van der Waals surface area contributed by atoms with Crippen molar-refractivity contribution in [2.75, 3.05) is 19.8 Å². The van der Waals surface area contributed by atoms with Gasteiger partial charge >= 0.3 is 18.0 Å². The van der Waals surface area contributed by atoms with Gasteiger partial charge in [0.15, 0.2) is 5.65 Å². The molecular formula is C21H21N5O5S. The fourth-order valence-corrected chi connectivity index (χ4v) is 3.97. The van der Waals surface area contributed by atoms with Crippen molar-refractivity contribution >= 4 is 40.3 Å². The van der Waals surface area contributed by atoms with Crippen LogP contribution in [0.15, 0.2) is 41.0 Å². The second kappa shape index (κ2) is 9.18. The summed E-state index contributed by atoms with van der Waals surface area (Å²) >= 11 is 1.51. The van der Waals surface area contributed by atoms with Crippen LogP contribution in [0.5, 0.6) is 0 Å². The van der Waals surface area contributed by atoms with Gasteiger partial charge in [-0.25, -0.2) is 24.0 Å². The summed E-state index contributed by atoms with van der Waals surface area (Å²) in [6, 6.07) is 5.01. The van der Waals surface area contributed by atoms with Crippen molar-refractivity contribution in [3.8, 4) is 10.6 Å². The number of rotatable bonds is 7. The Kier molecular flexibility index (Phi) is 6.17. The molecule has 4 heterocycles. The Morgan fingerprint density at radius 2 is 2.09 bits per heavy atom. The van der Waals surface area contributed by atoms with Gasteiger partial charge in [0.1, 0.15) is 6.61 Å². The minimum atomic E-state index is -0.616. The molecule has 2 amide bonds. The van der Waals surface area contributed by atoms with E-state index in [0.717, 1.165) is 4.88 Å². The largest absolute Gasteiger partial charge is 0.463 e. The van der Waals surface area contributed by atoms with Crippen LogP contribution < -0.4 is 10.6 Å². The molecule has 11 heteroatoms. The minimum absolute atomic E-state index is 0.0111. The van der Waals surface area contributed by atoms with Crippen molar-refractivity contribution in [2.45, 2.75) is 20.4 Å². The fraction of sp³-hybridized carbons (Fsp3) is 0.286. The van der Waals surface area contributed by atoms with E-state index < -0.39 is 18.0 Å². The van der Waals surface area contributed by atoms with Crippen LogP contribution in [0, 0.1) is 0 Å². The van der Waals surface area contributed by atoms with E-state index in [1.807, 2.05) is 24.4 Å². The van der Waals surface area contributed by atoms with Crippen molar-refractivity contribution < 1.29 is 23.9 Å². The summed E-state index contributed by atoms with van der Waals surface area (Å²) in [5.41, 5.74) is 1.91. The molecule has 0 spiro atoms. The molecule has 0 unspecified atom stereocenters. The highest BCUT2D eigenvalue weighted by atomic mass is 32.1. The topological polar surface area (TPSA) is 124 Å². The third-order valence-electron chi connectivity index (χ3n) is 4.83. The maximum Gasteiger partial charge on any atom is 0.339 e. The number of hydrogen-bond acceptors (Lipinski definition) is 8. The second-order valence-electron chi connectivity index (χ2n) is 6.79. The highest BCUT2D eigenvalue weighted by Crippen LogP contribution is 2.28. The van der Waals surface area contributed by atoms with Gasteiger partial charge in [-0.15, -0.1) is 11.3 Å². The smallest absolute Gasteiger partial charge is 0.339 e. The van der Waals surface area contributed by atoms with Crippen molar-refractivity contribution in [3.63, 3.8) is 0 Å². The summed E-state index contributed by atoms with van der Waals surface area (Å²) < 4.78 is 12.2. The third kappa shape index (κ3) is 4.19. The molecule has 0 aromatic carbocycles. The molecule has 10 nitrogen and oxygen atoms in total. The Morgan fingerprint density at radius 3 is 2.81 bits per heavy atom. The van der Waals surface area contributed by atoms with Gasteiger partial charge in [0, 0.05) is 6.54 Å². The quantitative estimate of drug-likeness (QED) is 0.524. The summed E-state index contributed by atoms with van der Waals surface area (Å²) in [5.74, 6) is -1.20. The summed E-state index contributed by atoms with van der Waals surface area (Å²) in [6.45, 7) is 4.10. The first-order valence-electron chi connectivity index (χ1n) is 10.0. The SMILES string of the molecule is CCOC(=O)C1=C(COC(=O)c2cc(-c3cccs3)nc3c2cnn3CC)NC(=O)NC1. The van der Waals surface area contributed by atoms with Crippen molar-refractivity contribution in [3.05, 3.63) is 46.6 Å². The van der Waals surface area contributed by atoms with E-state index in [2.05, 4.69) is 20.7 Å². The van der Waals surface area contributed by atoms with Gasteiger partial charge in [-0.1, -0.05) is 6.07 Å². The molecule has 1 aliphatic rings. The Balaban J connectivity index is 1.65. The van der Waals surface area contributed by atoms with E-state index in [9.17, 15) is 14.4 Å². The number of hydrogen-bond donors (Lipinski definition) is 2. The van der Waals surface area contributed by atoms with Crippen molar-refractivity contribution in [2.24, 2.45) is 0 Å². The number of nitrogens with one attached hydrogen (secondary N) is 2. The molecule has 0 aliphatic carbocycles. The molecule has 0 bridgehead atoms. The Labute approximate surface area is 187 Å². The van der Waals surface area contributed by atoms with Crippen LogP contribution in [-0.2, 0) is 20.8 Å². The second-order valence-corrected chi connectivity index (χ2v) is 7.74. The summed E-state index contributed by atoms with van der Waals surface area (Å²) in [6.07, 6.45) is 1.58. The van der Waals surface area contributed by atoms with Crippen LogP contribution in [0.4, 0.5) is 4.79 Å². The normalized spacial score (nSPS) is 13.6. The minimum Gasteiger partial charge on any atom is -0.463 e. The Morgan fingerprint density at radius 1 is 1.25 bits per heavy atom. The zero-order valence-corrected chi connectivity index (χ0v) is 18.3. The molecule has 0 radical (unpaired) electrons. The van der Waals surface area contributed by atoms with E-state index in [4.69, 9.17) is 9.47 Å². The molecule has 32 heavy (non-hydrogen) atoms. The zero-order valence-electron chi connectivity index (χ0n) is 17.5. The number of thiophene rings is 1. The molecule has 1 aliphatic heterocycles. The average molecular weight is 455 g/mol. The molecular weight excluding hydrogens is 434 g/mol. The molecule has 0 fully saturated rings. The van der Waals surface area contributed by atoms with Crippen molar-refractivity contribution in [1.29, 1.82) is 0 Å². The van der Waals surface area contributed by atoms with Crippen LogP contribution in [-0.4, -0.2) is 52.5 Å². The molecule has 3 aromatic rings. The molecule has 0 atom stereocenters. The van der Waals surface area contributed by atoms with Gasteiger partial charge in [-0.3, -0.25) is 0 Å². The molecule has 166 valence electrons. The highest BCUT2D eigenvalue weighted by molar-refractivity contribution is 7.13. The average Bonchev–Trinajstić information content (AvgIpc) is 3.46. The van der Waals surface area contributed by atoms with Gasteiger partial charge < -0.3 is 20.1 Å². The number of amides is 2. The summed E-state index contributed by atoms with van der Waals surface area (Å²) in [5, 5.41) is 11.8. The number of carbonyl (C=O) groups is 3. The maximum atomic E-state index is 13.1. The lowest BCUT2D eigenvalue weighted by Gasteiger charge is -2.21. The van der Waals surface area contributed by atoms with E-state index in [1.54, 1.807) is 23.9 Å².